The van der Waals surface area contributed by atoms with E-state index in [4.69, 9.17) is 4.74 Å². The third-order valence-electron chi connectivity index (χ3n) is 4.99. The van der Waals surface area contributed by atoms with Crippen LogP contribution in [0.1, 0.15) is 54.4 Å². The fraction of sp³-hybridized carbons (Fsp3) is 1.00. The lowest BCUT2D eigenvalue weighted by molar-refractivity contribution is -0.0267. The van der Waals surface area contributed by atoms with Gasteiger partial charge in [0.2, 0.25) is 0 Å². The maximum Gasteiger partial charge on any atom is 0.0670 e. The number of piperazine rings is 1. The summed E-state index contributed by atoms with van der Waals surface area (Å²) in [6, 6.07) is 0.558. The lowest BCUT2D eigenvalue weighted by Crippen LogP contribution is -2.67. The van der Waals surface area contributed by atoms with Crippen molar-refractivity contribution in [3.8, 4) is 0 Å². The number of hydrogen-bond acceptors (Lipinski definition) is 3. The summed E-state index contributed by atoms with van der Waals surface area (Å²) in [5.41, 5.74) is 0.608. The van der Waals surface area contributed by atoms with E-state index in [-0.39, 0.29) is 0 Å². The van der Waals surface area contributed by atoms with Gasteiger partial charge in [-0.15, -0.1) is 0 Å². The van der Waals surface area contributed by atoms with Gasteiger partial charge in [0.05, 0.1) is 6.10 Å². The van der Waals surface area contributed by atoms with Gasteiger partial charge < -0.3 is 10.1 Å². The Morgan fingerprint density at radius 1 is 1.32 bits per heavy atom. The quantitative estimate of drug-likeness (QED) is 0.831. The van der Waals surface area contributed by atoms with Crippen LogP contribution in [-0.4, -0.2) is 49.3 Å². The molecule has 0 aliphatic carbocycles. The van der Waals surface area contributed by atoms with Crippen molar-refractivity contribution in [3.05, 3.63) is 0 Å². The van der Waals surface area contributed by atoms with Crippen molar-refractivity contribution < 1.29 is 4.74 Å². The zero-order valence-electron chi connectivity index (χ0n) is 14.0. The molecule has 0 saturated carbocycles. The number of methoxy groups -OCH3 is 1. The van der Waals surface area contributed by atoms with Crippen LogP contribution in [0, 0.1) is 5.41 Å². The van der Waals surface area contributed by atoms with Crippen molar-refractivity contribution in [3.63, 3.8) is 0 Å². The van der Waals surface area contributed by atoms with Crippen molar-refractivity contribution in [1.82, 2.24) is 10.2 Å². The zero-order valence-corrected chi connectivity index (χ0v) is 14.0. The average Bonchev–Trinajstić information content (AvgIpc) is 2.37. The molecule has 3 nitrogen and oxygen atoms in total. The van der Waals surface area contributed by atoms with E-state index in [1.54, 1.807) is 0 Å². The van der Waals surface area contributed by atoms with Crippen molar-refractivity contribution in [1.29, 1.82) is 0 Å². The second-order valence-corrected chi connectivity index (χ2v) is 7.18. The monoisotopic (exact) mass is 270 g/mol. The maximum atomic E-state index is 5.49. The van der Waals surface area contributed by atoms with Crippen molar-refractivity contribution in [2.24, 2.45) is 5.41 Å². The van der Waals surface area contributed by atoms with Gasteiger partial charge in [0.25, 0.3) is 0 Å². The lowest BCUT2D eigenvalue weighted by Gasteiger charge is -2.53. The van der Waals surface area contributed by atoms with Crippen molar-refractivity contribution in [2.75, 3.05) is 26.7 Å². The first-order valence-corrected chi connectivity index (χ1v) is 7.80. The van der Waals surface area contributed by atoms with E-state index in [0.717, 1.165) is 19.6 Å². The van der Waals surface area contributed by atoms with Gasteiger partial charge in [-0.25, -0.2) is 0 Å². The van der Waals surface area contributed by atoms with Gasteiger partial charge >= 0.3 is 0 Å². The van der Waals surface area contributed by atoms with Crippen LogP contribution < -0.4 is 5.32 Å². The Labute approximate surface area is 120 Å². The molecule has 0 bridgehead atoms. The molecule has 0 spiro atoms. The average molecular weight is 270 g/mol. The maximum absolute atomic E-state index is 5.49. The molecule has 1 rings (SSSR count). The Bertz CT molecular complexity index is 268. The molecule has 1 saturated heterocycles. The van der Waals surface area contributed by atoms with E-state index >= 15 is 0 Å². The van der Waals surface area contributed by atoms with E-state index in [2.05, 4.69) is 51.8 Å². The Kier molecular flexibility index (Phi) is 5.84. The molecule has 0 aromatic heterocycles. The summed E-state index contributed by atoms with van der Waals surface area (Å²) >= 11 is 0. The highest BCUT2D eigenvalue weighted by atomic mass is 16.5. The molecule has 1 aliphatic rings. The highest BCUT2D eigenvalue weighted by Crippen LogP contribution is 2.32. The minimum Gasteiger partial charge on any atom is -0.380 e. The predicted octanol–water partition coefficient (Wildman–Crippen LogP) is 2.90. The van der Waals surface area contributed by atoms with Crippen LogP contribution in [0.25, 0.3) is 0 Å². The molecule has 0 radical (unpaired) electrons. The van der Waals surface area contributed by atoms with Crippen molar-refractivity contribution >= 4 is 0 Å². The molecule has 19 heavy (non-hydrogen) atoms. The summed E-state index contributed by atoms with van der Waals surface area (Å²) in [5, 5.41) is 3.79. The highest BCUT2D eigenvalue weighted by molar-refractivity contribution is 5.00. The topological polar surface area (TPSA) is 24.5 Å². The zero-order chi connectivity index (χ0) is 14.7. The van der Waals surface area contributed by atoms with Gasteiger partial charge in [-0.05, 0) is 25.2 Å². The van der Waals surface area contributed by atoms with Crippen LogP contribution in [0.2, 0.25) is 0 Å². The highest BCUT2D eigenvalue weighted by Gasteiger charge is 2.42. The molecule has 0 aromatic carbocycles. The first-order chi connectivity index (χ1) is 8.79. The molecular formula is C16H34N2O. The predicted molar refractivity (Wildman–Crippen MR) is 82.6 cm³/mol. The first-order valence-electron chi connectivity index (χ1n) is 7.80. The fourth-order valence-electron chi connectivity index (χ4n) is 3.08. The van der Waals surface area contributed by atoms with Crippen LogP contribution in [0.5, 0.6) is 0 Å². The molecule has 2 atom stereocenters. The number of nitrogens with one attached hydrogen (secondary N) is 1. The Hall–Kier alpha value is -0.120. The third-order valence-corrected chi connectivity index (χ3v) is 4.99. The molecule has 114 valence electrons. The molecule has 3 heteroatoms. The van der Waals surface area contributed by atoms with E-state index in [0.29, 0.717) is 23.1 Å². The summed E-state index contributed by atoms with van der Waals surface area (Å²) < 4.78 is 5.49. The molecule has 0 aromatic rings. The number of hydrogen-bond donors (Lipinski definition) is 1. The number of rotatable bonds is 5. The van der Waals surface area contributed by atoms with E-state index in [1.807, 2.05) is 7.11 Å². The molecular weight excluding hydrogens is 236 g/mol. The van der Waals surface area contributed by atoms with Crippen LogP contribution in [0.3, 0.4) is 0 Å². The van der Waals surface area contributed by atoms with Crippen LogP contribution in [0.4, 0.5) is 0 Å². The van der Waals surface area contributed by atoms with E-state index in [9.17, 15) is 0 Å². The SMILES string of the molecule is CCC1(CC)CNC(C(C)(C)C)CN1CC(C)OC. The summed E-state index contributed by atoms with van der Waals surface area (Å²) in [4.78, 5) is 2.67. The minimum absolute atomic E-state index is 0.300. The Balaban J connectivity index is 2.86. The molecule has 1 heterocycles. The van der Waals surface area contributed by atoms with Crippen molar-refractivity contribution in [2.45, 2.75) is 72.1 Å². The van der Waals surface area contributed by atoms with Crippen LogP contribution in [0.15, 0.2) is 0 Å². The van der Waals surface area contributed by atoms with Gasteiger partial charge in [0, 0.05) is 38.3 Å². The van der Waals surface area contributed by atoms with Gasteiger partial charge in [-0.1, -0.05) is 34.6 Å². The summed E-state index contributed by atoms with van der Waals surface area (Å²) in [5.74, 6) is 0. The largest absolute Gasteiger partial charge is 0.380 e. The van der Waals surface area contributed by atoms with Gasteiger partial charge in [-0.3, -0.25) is 4.90 Å². The summed E-state index contributed by atoms with van der Waals surface area (Å²) in [7, 11) is 1.81. The smallest absolute Gasteiger partial charge is 0.0670 e. The fourth-order valence-corrected chi connectivity index (χ4v) is 3.08. The molecule has 1 fully saturated rings. The van der Waals surface area contributed by atoms with Gasteiger partial charge in [0.1, 0.15) is 0 Å². The van der Waals surface area contributed by atoms with Crippen LogP contribution >= 0.6 is 0 Å². The van der Waals surface area contributed by atoms with Gasteiger partial charge in [-0.2, -0.15) is 0 Å². The number of ether oxygens (including phenoxy) is 1. The Morgan fingerprint density at radius 3 is 2.32 bits per heavy atom. The Morgan fingerprint density at radius 2 is 1.89 bits per heavy atom. The molecule has 2 unspecified atom stereocenters. The lowest BCUT2D eigenvalue weighted by atomic mass is 9.80. The van der Waals surface area contributed by atoms with Gasteiger partial charge in [0.15, 0.2) is 0 Å². The normalized spacial score (nSPS) is 26.4. The standard InChI is InChI=1S/C16H34N2O/c1-8-16(9-2)12-17-14(15(4,5)6)11-18(16)10-13(3)19-7/h13-14,17H,8-12H2,1-7H3. The summed E-state index contributed by atoms with van der Waals surface area (Å²) in [6.45, 7) is 17.0. The second kappa shape index (κ2) is 6.55. The number of nitrogens with zero attached hydrogens (tertiary/aromatic N) is 1. The first kappa shape index (κ1) is 16.9. The molecule has 1 N–H and O–H groups in total. The van der Waals surface area contributed by atoms with E-state index < -0.39 is 0 Å². The summed E-state index contributed by atoms with van der Waals surface area (Å²) in [6.07, 6.45) is 2.70. The molecule has 1 aliphatic heterocycles. The van der Waals surface area contributed by atoms with E-state index in [1.165, 1.54) is 12.8 Å². The molecule has 0 amide bonds. The second-order valence-electron chi connectivity index (χ2n) is 7.18. The van der Waals surface area contributed by atoms with Crippen LogP contribution in [-0.2, 0) is 4.74 Å². The third kappa shape index (κ3) is 3.93. The minimum atomic E-state index is 0.300.